The van der Waals surface area contributed by atoms with Crippen LogP contribution in [0.1, 0.15) is 5.69 Å². The van der Waals surface area contributed by atoms with Crippen LogP contribution in [0.5, 0.6) is 5.75 Å². The number of nitrogens with zero attached hydrogens (tertiary/aromatic N) is 6. The second-order valence-corrected chi connectivity index (χ2v) is 8.39. The molecule has 4 aromatic heterocycles. The van der Waals surface area contributed by atoms with Crippen LogP contribution in [0.3, 0.4) is 0 Å². The lowest BCUT2D eigenvalue weighted by atomic mass is 10.0. The maximum absolute atomic E-state index is 13.2. The molecule has 10 heteroatoms. The first-order valence-electron chi connectivity index (χ1n) is 10.7. The van der Waals surface area contributed by atoms with E-state index in [2.05, 4.69) is 15.1 Å². The van der Waals surface area contributed by atoms with Crippen LogP contribution in [0.25, 0.3) is 38.8 Å². The highest BCUT2D eigenvalue weighted by molar-refractivity contribution is 6.31. The van der Waals surface area contributed by atoms with Gasteiger partial charge in [0.15, 0.2) is 5.15 Å². The van der Waals surface area contributed by atoms with Crippen LogP contribution < -0.4 is 10.4 Å². The third-order valence-corrected chi connectivity index (χ3v) is 6.08. The zero-order chi connectivity index (χ0) is 24.0. The summed E-state index contributed by atoms with van der Waals surface area (Å²) in [7, 11) is 5.12. The van der Waals surface area contributed by atoms with Gasteiger partial charge in [-0.2, -0.15) is 5.10 Å². The van der Waals surface area contributed by atoms with Gasteiger partial charge in [0.25, 0.3) is 0 Å². The van der Waals surface area contributed by atoms with Crippen LogP contribution in [-0.4, -0.2) is 49.2 Å². The Hall–Kier alpha value is -3.69. The molecule has 174 valence electrons. The summed E-state index contributed by atoms with van der Waals surface area (Å²) in [6.07, 6.45) is 5.24. The van der Waals surface area contributed by atoms with E-state index in [1.165, 1.54) is 0 Å². The number of halogens is 1. The molecule has 0 aliphatic heterocycles. The molecule has 0 saturated carbocycles. The first-order chi connectivity index (χ1) is 16.4. The number of rotatable bonds is 6. The molecule has 0 unspecified atom stereocenters. The molecule has 0 radical (unpaired) electrons. The number of aromatic nitrogens is 6. The van der Waals surface area contributed by atoms with E-state index in [1.54, 1.807) is 47.4 Å². The fourth-order valence-corrected chi connectivity index (χ4v) is 4.30. The predicted molar refractivity (Wildman–Crippen MR) is 131 cm³/mol. The minimum absolute atomic E-state index is 0.226. The van der Waals surface area contributed by atoms with Gasteiger partial charge in [-0.1, -0.05) is 17.7 Å². The molecule has 0 saturated heterocycles. The van der Waals surface area contributed by atoms with E-state index in [0.717, 1.165) is 27.7 Å². The van der Waals surface area contributed by atoms with Crippen molar-refractivity contribution in [2.45, 2.75) is 6.92 Å². The molecule has 0 amide bonds. The van der Waals surface area contributed by atoms with Crippen LogP contribution in [0.15, 0.2) is 47.7 Å². The molecule has 4 heterocycles. The maximum Gasteiger partial charge on any atom is 0.333 e. The number of hydrogen-bond donors (Lipinski definition) is 0. The number of hydrogen-bond acceptors (Lipinski definition) is 6. The van der Waals surface area contributed by atoms with E-state index in [9.17, 15) is 4.79 Å². The second-order valence-electron chi connectivity index (χ2n) is 8.03. The summed E-state index contributed by atoms with van der Waals surface area (Å²) in [5, 5.41) is 5.27. The minimum Gasteiger partial charge on any atom is -0.489 e. The van der Waals surface area contributed by atoms with Gasteiger partial charge >= 0.3 is 5.69 Å². The Balaban J connectivity index is 1.73. The van der Waals surface area contributed by atoms with E-state index >= 15 is 0 Å². The van der Waals surface area contributed by atoms with Crippen LogP contribution in [0, 0.1) is 6.92 Å². The normalized spacial score (nSPS) is 11.6. The van der Waals surface area contributed by atoms with E-state index < -0.39 is 0 Å². The molecule has 0 spiro atoms. The molecular weight excluding hydrogens is 456 g/mol. The summed E-state index contributed by atoms with van der Waals surface area (Å²) in [5.41, 5.74) is 5.07. The Morgan fingerprint density at radius 2 is 1.88 bits per heavy atom. The molecule has 5 rings (SSSR count). The van der Waals surface area contributed by atoms with Crippen molar-refractivity contribution in [3.8, 4) is 22.6 Å². The third kappa shape index (κ3) is 3.63. The minimum atomic E-state index is -0.226. The monoisotopic (exact) mass is 478 g/mol. The molecule has 9 nitrogen and oxygen atoms in total. The standard InChI is InChI=1S/C24H23ClN6O3/c1-14-21(34-8-7-33-4)10-16(11-26-14)15-5-6-18-17(9-15)22-19(12-27-18)30(3)24(32)31(22)20-13-29(2)28-23(20)25/h5-6,9-13H,7-8H2,1-4H3. The number of methoxy groups -OCH3 is 1. The second kappa shape index (κ2) is 8.58. The van der Waals surface area contributed by atoms with Gasteiger partial charge in [0.1, 0.15) is 18.0 Å². The molecule has 0 fully saturated rings. The number of benzene rings is 1. The van der Waals surface area contributed by atoms with Gasteiger partial charge in [-0.25, -0.2) is 4.79 Å². The van der Waals surface area contributed by atoms with E-state index in [-0.39, 0.29) is 10.8 Å². The van der Waals surface area contributed by atoms with Gasteiger partial charge < -0.3 is 9.47 Å². The number of imidazole rings is 1. The molecule has 0 atom stereocenters. The Morgan fingerprint density at radius 3 is 2.62 bits per heavy atom. The lowest BCUT2D eigenvalue weighted by Crippen LogP contribution is -2.20. The van der Waals surface area contributed by atoms with Gasteiger partial charge in [0.05, 0.1) is 41.2 Å². The Kier molecular flexibility index (Phi) is 5.59. The molecule has 0 N–H and O–H groups in total. The lowest BCUT2D eigenvalue weighted by Gasteiger charge is -2.11. The van der Waals surface area contributed by atoms with Gasteiger partial charge in [-0.15, -0.1) is 0 Å². The average molecular weight is 479 g/mol. The van der Waals surface area contributed by atoms with E-state index in [0.29, 0.717) is 35.7 Å². The van der Waals surface area contributed by atoms with Crippen molar-refractivity contribution in [3.05, 3.63) is 64.2 Å². The highest BCUT2D eigenvalue weighted by atomic mass is 35.5. The van der Waals surface area contributed by atoms with Crippen molar-refractivity contribution in [2.24, 2.45) is 14.1 Å². The topological polar surface area (TPSA) is 89.0 Å². The smallest absolute Gasteiger partial charge is 0.333 e. The van der Waals surface area contributed by atoms with Crippen molar-refractivity contribution >= 4 is 33.5 Å². The summed E-state index contributed by atoms with van der Waals surface area (Å²) in [5.74, 6) is 0.699. The van der Waals surface area contributed by atoms with E-state index in [1.807, 2.05) is 37.4 Å². The van der Waals surface area contributed by atoms with Gasteiger partial charge in [0, 0.05) is 38.4 Å². The number of ether oxygens (including phenoxy) is 2. The first-order valence-corrected chi connectivity index (χ1v) is 11.1. The molecule has 0 bridgehead atoms. The molecule has 1 aromatic carbocycles. The van der Waals surface area contributed by atoms with Gasteiger partial charge in [-0.3, -0.25) is 23.8 Å². The Labute approximate surface area is 200 Å². The van der Waals surface area contributed by atoms with Crippen molar-refractivity contribution < 1.29 is 9.47 Å². The highest BCUT2D eigenvalue weighted by Crippen LogP contribution is 2.32. The van der Waals surface area contributed by atoms with Gasteiger partial charge in [-0.05, 0) is 30.7 Å². The van der Waals surface area contributed by atoms with Crippen LogP contribution >= 0.6 is 11.6 Å². The fraction of sp³-hybridized carbons (Fsp3) is 0.250. The zero-order valence-corrected chi connectivity index (χ0v) is 20.0. The molecule has 34 heavy (non-hydrogen) atoms. The largest absolute Gasteiger partial charge is 0.489 e. The summed E-state index contributed by atoms with van der Waals surface area (Å²) in [4.78, 5) is 22.3. The third-order valence-electron chi connectivity index (χ3n) is 5.81. The Bertz CT molecular complexity index is 1600. The lowest BCUT2D eigenvalue weighted by molar-refractivity contribution is 0.145. The summed E-state index contributed by atoms with van der Waals surface area (Å²) in [6.45, 7) is 2.83. The Morgan fingerprint density at radius 1 is 1.06 bits per heavy atom. The average Bonchev–Trinajstić information content (AvgIpc) is 3.29. The van der Waals surface area contributed by atoms with Crippen molar-refractivity contribution in [2.75, 3.05) is 20.3 Å². The predicted octanol–water partition coefficient (Wildman–Crippen LogP) is 3.66. The quantitative estimate of drug-likeness (QED) is 0.346. The van der Waals surface area contributed by atoms with Crippen LogP contribution in [-0.2, 0) is 18.8 Å². The van der Waals surface area contributed by atoms with Crippen LogP contribution in [0.4, 0.5) is 0 Å². The summed E-state index contributed by atoms with van der Waals surface area (Å²) < 4.78 is 15.7. The SMILES string of the molecule is COCCOc1cc(-c2ccc3ncc4c(c3c2)n(-c2cn(C)nc2Cl)c(=O)n4C)cnc1C. The summed E-state index contributed by atoms with van der Waals surface area (Å²) >= 11 is 6.38. The molecule has 0 aliphatic rings. The summed E-state index contributed by atoms with van der Waals surface area (Å²) in [6, 6.07) is 7.88. The number of pyridine rings is 2. The van der Waals surface area contributed by atoms with E-state index in [4.69, 9.17) is 21.1 Å². The zero-order valence-electron chi connectivity index (χ0n) is 19.2. The number of aryl methyl sites for hydroxylation is 3. The van der Waals surface area contributed by atoms with Gasteiger partial charge in [0.2, 0.25) is 0 Å². The molecule has 0 aliphatic carbocycles. The van der Waals surface area contributed by atoms with Crippen LogP contribution in [0.2, 0.25) is 5.15 Å². The number of fused-ring (bicyclic) bond motifs is 3. The maximum atomic E-state index is 13.2. The fourth-order valence-electron chi connectivity index (χ4n) is 4.05. The first kappa shape index (κ1) is 22.1. The van der Waals surface area contributed by atoms with Crippen molar-refractivity contribution in [3.63, 3.8) is 0 Å². The van der Waals surface area contributed by atoms with Crippen molar-refractivity contribution in [1.29, 1.82) is 0 Å². The van der Waals surface area contributed by atoms with Crippen molar-refractivity contribution in [1.82, 2.24) is 28.9 Å². The molecular formula is C24H23ClN6O3. The molecule has 5 aromatic rings. The highest BCUT2D eigenvalue weighted by Gasteiger charge is 2.20.